The van der Waals surface area contributed by atoms with Gasteiger partial charge in [0.2, 0.25) is 0 Å². The summed E-state index contributed by atoms with van der Waals surface area (Å²) in [6.45, 7) is 4.52. The summed E-state index contributed by atoms with van der Waals surface area (Å²) in [5.41, 5.74) is 2.38. The summed E-state index contributed by atoms with van der Waals surface area (Å²) in [6, 6.07) is 5.12. The van der Waals surface area contributed by atoms with E-state index in [1.54, 1.807) is 23.7 Å². The lowest BCUT2D eigenvalue weighted by molar-refractivity contribution is 0.559. The number of benzene rings is 1. The van der Waals surface area contributed by atoms with Gasteiger partial charge >= 0.3 is 0 Å². The van der Waals surface area contributed by atoms with Gasteiger partial charge in [-0.25, -0.2) is 9.07 Å². The Morgan fingerprint density at radius 2 is 2.21 bits per heavy atom. The molecular formula is C13H16BrFN4. The van der Waals surface area contributed by atoms with E-state index in [0.717, 1.165) is 17.8 Å². The van der Waals surface area contributed by atoms with E-state index in [-0.39, 0.29) is 11.9 Å². The maximum Gasteiger partial charge on any atom is 0.153 e. The summed E-state index contributed by atoms with van der Waals surface area (Å²) in [5.74, 6) is -0.202. The number of halogens is 2. The zero-order valence-corrected chi connectivity index (χ0v) is 12.7. The van der Waals surface area contributed by atoms with E-state index >= 15 is 0 Å². The van der Waals surface area contributed by atoms with Crippen LogP contribution in [0.2, 0.25) is 0 Å². The van der Waals surface area contributed by atoms with Crippen LogP contribution >= 0.6 is 15.9 Å². The monoisotopic (exact) mass is 326 g/mol. The molecule has 6 heteroatoms. The van der Waals surface area contributed by atoms with Crippen molar-refractivity contribution in [2.75, 3.05) is 6.54 Å². The van der Waals surface area contributed by atoms with E-state index < -0.39 is 0 Å². The molecule has 0 fully saturated rings. The second-order valence-electron chi connectivity index (χ2n) is 4.39. The van der Waals surface area contributed by atoms with Crippen molar-refractivity contribution in [2.45, 2.75) is 19.9 Å². The highest BCUT2D eigenvalue weighted by Gasteiger charge is 2.21. The van der Waals surface area contributed by atoms with Crippen LogP contribution < -0.4 is 5.32 Å². The van der Waals surface area contributed by atoms with Crippen molar-refractivity contribution in [1.82, 2.24) is 20.3 Å². The first kappa shape index (κ1) is 14.1. The number of rotatable bonds is 4. The van der Waals surface area contributed by atoms with E-state index in [4.69, 9.17) is 0 Å². The van der Waals surface area contributed by atoms with Gasteiger partial charge in [0.05, 0.1) is 11.7 Å². The van der Waals surface area contributed by atoms with E-state index in [9.17, 15) is 4.39 Å². The maximum atomic E-state index is 13.7. The van der Waals surface area contributed by atoms with Crippen LogP contribution in [0.5, 0.6) is 0 Å². The van der Waals surface area contributed by atoms with Crippen LogP contribution in [0.4, 0.5) is 4.39 Å². The highest BCUT2D eigenvalue weighted by molar-refractivity contribution is 9.10. The Labute approximate surface area is 120 Å². The minimum Gasteiger partial charge on any atom is -0.305 e. The highest BCUT2D eigenvalue weighted by atomic mass is 79.9. The van der Waals surface area contributed by atoms with Crippen molar-refractivity contribution in [3.63, 3.8) is 0 Å². The molecule has 1 aromatic heterocycles. The standard InChI is InChI=1S/C13H16BrFN4/c1-4-16-11(12-13(14)17-18-19(12)3)9-6-5-8(2)10(15)7-9/h5-7,11,16H,4H2,1-3H3. The Kier molecular flexibility index (Phi) is 4.31. The Bertz CT molecular complexity index is 563. The highest BCUT2D eigenvalue weighted by Crippen LogP contribution is 2.27. The molecule has 0 saturated heterocycles. The largest absolute Gasteiger partial charge is 0.305 e. The molecule has 0 radical (unpaired) electrons. The van der Waals surface area contributed by atoms with Crippen LogP contribution in [0.3, 0.4) is 0 Å². The molecule has 0 amide bonds. The molecule has 0 spiro atoms. The van der Waals surface area contributed by atoms with Crippen molar-refractivity contribution in [2.24, 2.45) is 7.05 Å². The molecule has 19 heavy (non-hydrogen) atoms. The SMILES string of the molecule is CCNC(c1ccc(C)c(F)c1)c1c(Br)nnn1C. The van der Waals surface area contributed by atoms with Crippen LogP contribution in [0.1, 0.15) is 29.8 Å². The van der Waals surface area contributed by atoms with Crippen molar-refractivity contribution in [3.05, 3.63) is 45.4 Å². The molecule has 1 heterocycles. The third kappa shape index (κ3) is 2.84. The lowest BCUT2D eigenvalue weighted by Crippen LogP contribution is -2.24. The van der Waals surface area contributed by atoms with Crippen LogP contribution in [0.15, 0.2) is 22.8 Å². The molecule has 4 nitrogen and oxygen atoms in total. The number of hydrogen-bond acceptors (Lipinski definition) is 3. The number of nitrogens with zero attached hydrogens (tertiary/aromatic N) is 3. The first-order valence-corrected chi connectivity index (χ1v) is 6.88. The molecule has 2 aromatic rings. The van der Waals surface area contributed by atoms with Gasteiger partial charge < -0.3 is 5.32 Å². The summed E-state index contributed by atoms with van der Waals surface area (Å²) in [5, 5.41) is 11.3. The molecule has 1 aromatic carbocycles. The minimum absolute atomic E-state index is 0.144. The van der Waals surface area contributed by atoms with Crippen LogP contribution in [-0.4, -0.2) is 21.5 Å². The molecule has 1 N–H and O–H groups in total. The van der Waals surface area contributed by atoms with Gasteiger partial charge in [0, 0.05) is 7.05 Å². The number of aryl methyl sites for hydroxylation is 2. The smallest absolute Gasteiger partial charge is 0.153 e. The van der Waals surface area contributed by atoms with Gasteiger partial charge in [-0.05, 0) is 46.6 Å². The second kappa shape index (κ2) is 5.79. The zero-order chi connectivity index (χ0) is 14.0. The summed E-state index contributed by atoms with van der Waals surface area (Å²) < 4.78 is 16.1. The molecule has 1 atom stereocenters. The van der Waals surface area contributed by atoms with E-state index in [2.05, 4.69) is 31.6 Å². The summed E-state index contributed by atoms with van der Waals surface area (Å²) in [6.07, 6.45) is 0. The average molecular weight is 327 g/mol. The van der Waals surface area contributed by atoms with Gasteiger partial charge in [-0.15, -0.1) is 5.10 Å². The lowest BCUT2D eigenvalue weighted by Gasteiger charge is -2.19. The van der Waals surface area contributed by atoms with Crippen molar-refractivity contribution >= 4 is 15.9 Å². The van der Waals surface area contributed by atoms with Crippen LogP contribution in [0, 0.1) is 12.7 Å². The zero-order valence-electron chi connectivity index (χ0n) is 11.1. The van der Waals surface area contributed by atoms with Crippen LogP contribution in [-0.2, 0) is 7.05 Å². The minimum atomic E-state index is -0.202. The van der Waals surface area contributed by atoms with Crippen LogP contribution in [0.25, 0.3) is 0 Å². The molecule has 2 rings (SSSR count). The number of nitrogens with one attached hydrogen (secondary N) is 1. The molecular weight excluding hydrogens is 311 g/mol. The third-order valence-electron chi connectivity index (χ3n) is 3.04. The second-order valence-corrected chi connectivity index (χ2v) is 5.14. The van der Waals surface area contributed by atoms with E-state index in [0.29, 0.717) is 10.2 Å². The summed E-state index contributed by atoms with van der Waals surface area (Å²) >= 11 is 3.39. The molecule has 0 aliphatic heterocycles. The summed E-state index contributed by atoms with van der Waals surface area (Å²) in [4.78, 5) is 0. The quantitative estimate of drug-likeness (QED) is 0.939. The van der Waals surface area contributed by atoms with Crippen molar-refractivity contribution in [3.8, 4) is 0 Å². The molecule has 0 aliphatic carbocycles. The fourth-order valence-electron chi connectivity index (χ4n) is 2.01. The fraction of sp³-hybridized carbons (Fsp3) is 0.385. The lowest BCUT2D eigenvalue weighted by atomic mass is 10.0. The van der Waals surface area contributed by atoms with Gasteiger partial charge in [0.15, 0.2) is 4.60 Å². The number of aromatic nitrogens is 3. The Morgan fingerprint density at radius 3 is 2.74 bits per heavy atom. The summed E-state index contributed by atoms with van der Waals surface area (Å²) in [7, 11) is 1.82. The predicted octanol–water partition coefficient (Wildman–Crippen LogP) is 2.72. The molecule has 1 unspecified atom stereocenters. The molecule has 0 aliphatic rings. The van der Waals surface area contributed by atoms with Crippen molar-refractivity contribution < 1.29 is 4.39 Å². The Balaban J connectivity index is 2.48. The molecule has 0 bridgehead atoms. The van der Waals surface area contributed by atoms with Gasteiger partial charge in [-0.2, -0.15) is 0 Å². The first-order chi connectivity index (χ1) is 9.04. The predicted molar refractivity (Wildman–Crippen MR) is 75.4 cm³/mol. The third-order valence-corrected chi connectivity index (χ3v) is 3.60. The van der Waals surface area contributed by atoms with Gasteiger partial charge in [-0.3, -0.25) is 0 Å². The molecule has 102 valence electrons. The van der Waals surface area contributed by atoms with E-state index in [1.165, 1.54) is 0 Å². The Morgan fingerprint density at radius 1 is 1.47 bits per heavy atom. The normalized spacial score (nSPS) is 12.7. The van der Waals surface area contributed by atoms with Gasteiger partial charge in [0.25, 0.3) is 0 Å². The topological polar surface area (TPSA) is 42.7 Å². The fourth-order valence-corrected chi connectivity index (χ4v) is 2.57. The first-order valence-electron chi connectivity index (χ1n) is 6.09. The average Bonchev–Trinajstić information content (AvgIpc) is 2.70. The van der Waals surface area contributed by atoms with Gasteiger partial charge in [-0.1, -0.05) is 24.3 Å². The number of hydrogen-bond donors (Lipinski definition) is 1. The van der Waals surface area contributed by atoms with Crippen molar-refractivity contribution in [1.29, 1.82) is 0 Å². The maximum absolute atomic E-state index is 13.7. The van der Waals surface area contributed by atoms with Gasteiger partial charge in [0.1, 0.15) is 5.82 Å². The molecule has 0 saturated carbocycles. The van der Waals surface area contributed by atoms with E-state index in [1.807, 2.05) is 20.0 Å². The Hall–Kier alpha value is -1.27.